The zero-order chi connectivity index (χ0) is 40.9. The van der Waals surface area contributed by atoms with Gasteiger partial charge in [-0.1, -0.05) is 140 Å². The third-order valence-electron chi connectivity index (χ3n) is 10.0. The van der Waals surface area contributed by atoms with Crippen molar-refractivity contribution in [3.8, 4) is 11.1 Å². The zero-order valence-electron chi connectivity index (χ0n) is 33.3. The Kier molecular flexibility index (Phi) is 14.0. The maximum absolute atomic E-state index is 14.3. The molecule has 0 bridgehead atoms. The summed E-state index contributed by atoms with van der Waals surface area (Å²) < 4.78 is 11.2. The smallest absolute Gasteiger partial charge is 0.407 e. The van der Waals surface area contributed by atoms with Crippen LogP contribution in [0.4, 0.5) is 9.59 Å². The SMILES string of the molecule is CC(C)(C)OC(=O)NCCCC[C@H](NC(=O)OCC1c2ccccc2-c2ccccc21)C(=O)N[C@@H](Cc1ccccc1)C(=O)NC(c1ccccc1)c1ccccc1. The van der Waals surface area contributed by atoms with E-state index in [4.69, 9.17) is 9.47 Å². The van der Waals surface area contributed by atoms with Gasteiger partial charge in [0.1, 0.15) is 24.3 Å². The van der Waals surface area contributed by atoms with Crippen LogP contribution in [0, 0.1) is 0 Å². The van der Waals surface area contributed by atoms with E-state index < -0.39 is 41.8 Å². The van der Waals surface area contributed by atoms with Crippen molar-refractivity contribution < 1.29 is 28.7 Å². The summed E-state index contributed by atoms with van der Waals surface area (Å²) in [6, 6.07) is 42.5. The van der Waals surface area contributed by atoms with E-state index in [-0.39, 0.29) is 31.3 Å². The molecule has 10 nitrogen and oxygen atoms in total. The van der Waals surface area contributed by atoms with Gasteiger partial charge in [0, 0.05) is 18.9 Å². The number of fused-ring (bicyclic) bond motifs is 3. The van der Waals surface area contributed by atoms with Crippen LogP contribution in [-0.4, -0.2) is 54.8 Å². The highest BCUT2D eigenvalue weighted by Gasteiger charge is 2.32. The van der Waals surface area contributed by atoms with Crippen LogP contribution in [-0.2, 0) is 25.5 Å². The largest absolute Gasteiger partial charge is 0.449 e. The van der Waals surface area contributed by atoms with Gasteiger partial charge in [-0.15, -0.1) is 0 Å². The van der Waals surface area contributed by atoms with Crippen LogP contribution in [0.1, 0.15) is 79.8 Å². The topological polar surface area (TPSA) is 135 Å². The molecule has 0 fully saturated rings. The highest BCUT2D eigenvalue weighted by atomic mass is 16.6. The lowest BCUT2D eigenvalue weighted by Gasteiger charge is -2.26. The Balaban J connectivity index is 1.18. The molecule has 4 amide bonds. The van der Waals surface area contributed by atoms with Crippen LogP contribution in [0.15, 0.2) is 140 Å². The average Bonchev–Trinajstić information content (AvgIpc) is 3.54. The second-order valence-electron chi connectivity index (χ2n) is 15.5. The van der Waals surface area contributed by atoms with Crippen molar-refractivity contribution in [2.24, 2.45) is 0 Å². The second kappa shape index (κ2) is 19.6. The zero-order valence-corrected chi connectivity index (χ0v) is 33.3. The molecule has 0 spiro atoms. The van der Waals surface area contributed by atoms with E-state index in [9.17, 15) is 19.2 Å². The standard InChI is InChI=1S/C48H52N4O6/c1-48(2,3)58-46(55)49-30-18-17-29-41(51-47(56)57-32-40-38-27-15-13-25-36(38)37-26-14-16-28-39(37)40)44(53)50-42(31-33-19-7-4-8-20-33)45(54)52-43(34-21-9-5-10-22-34)35-23-11-6-12-24-35/h4-16,19-28,40-43H,17-18,29-32H2,1-3H3,(H,49,55)(H,50,53)(H,51,56)(H,52,54)/t41-,42-/m0/s1. The third-order valence-corrected chi connectivity index (χ3v) is 10.0. The van der Waals surface area contributed by atoms with E-state index in [0.29, 0.717) is 19.4 Å². The summed E-state index contributed by atoms with van der Waals surface area (Å²) in [5.74, 6) is -1.07. The van der Waals surface area contributed by atoms with Crippen molar-refractivity contribution in [1.82, 2.24) is 21.3 Å². The Morgan fingerprint density at radius 1 is 0.586 bits per heavy atom. The lowest BCUT2D eigenvalue weighted by atomic mass is 9.97. The molecule has 0 aromatic heterocycles. The number of benzene rings is 5. The molecule has 1 aliphatic rings. The molecule has 4 N–H and O–H groups in total. The van der Waals surface area contributed by atoms with Crippen LogP contribution in [0.25, 0.3) is 11.1 Å². The van der Waals surface area contributed by atoms with Gasteiger partial charge < -0.3 is 30.7 Å². The monoisotopic (exact) mass is 780 g/mol. The maximum Gasteiger partial charge on any atom is 0.407 e. The fraction of sp³-hybridized carbons (Fsp3) is 0.292. The van der Waals surface area contributed by atoms with Crippen molar-refractivity contribution in [2.45, 2.75) is 76.1 Å². The number of hydrogen-bond donors (Lipinski definition) is 4. The molecule has 1 aliphatic carbocycles. The summed E-state index contributed by atoms with van der Waals surface area (Å²) in [6.07, 6.45) is 0.147. The fourth-order valence-electron chi connectivity index (χ4n) is 7.25. The van der Waals surface area contributed by atoms with Crippen LogP contribution in [0.5, 0.6) is 0 Å². The van der Waals surface area contributed by atoms with Crippen LogP contribution >= 0.6 is 0 Å². The lowest BCUT2D eigenvalue weighted by molar-refractivity contribution is -0.130. The fourth-order valence-corrected chi connectivity index (χ4v) is 7.25. The van der Waals surface area contributed by atoms with Gasteiger partial charge in [-0.3, -0.25) is 9.59 Å². The van der Waals surface area contributed by atoms with Crippen molar-refractivity contribution in [3.05, 3.63) is 167 Å². The molecule has 0 heterocycles. The van der Waals surface area contributed by atoms with Gasteiger partial charge in [0.2, 0.25) is 11.8 Å². The predicted molar refractivity (Wildman–Crippen MR) is 225 cm³/mol. The maximum atomic E-state index is 14.3. The average molecular weight is 781 g/mol. The molecule has 0 aliphatic heterocycles. The van der Waals surface area contributed by atoms with Crippen LogP contribution < -0.4 is 21.3 Å². The molecular formula is C48H52N4O6. The van der Waals surface area contributed by atoms with E-state index in [0.717, 1.165) is 38.9 Å². The van der Waals surface area contributed by atoms with E-state index in [1.807, 2.05) is 127 Å². The molecular weight excluding hydrogens is 729 g/mol. The summed E-state index contributed by atoms with van der Waals surface area (Å²) >= 11 is 0. The van der Waals surface area contributed by atoms with Gasteiger partial charge in [-0.2, -0.15) is 0 Å². The molecule has 0 saturated carbocycles. The number of hydrogen-bond acceptors (Lipinski definition) is 6. The van der Waals surface area contributed by atoms with Gasteiger partial charge in [-0.05, 0) is 79.0 Å². The Morgan fingerprint density at radius 2 is 1.10 bits per heavy atom. The summed E-state index contributed by atoms with van der Waals surface area (Å²) in [6.45, 7) is 5.76. The first kappa shape index (κ1) is 41.2. The molecule has 5 aromatic rings. The van der Waals surface area contributed by atoms with Gasteiger partial charge in [0.05, 0.1) is 6.04 Å². The molecule has 0 unspecified atom stereocenters. The van der Waals surface area contributed by atoms with Crippen molar-refractivity contribution in [1.29, 1.82) is 0 Å². The Labute approximate surface area is 340 Å². The molecule has 58 heavy (non-hydrogen) atoms. The molecule has 0 radical (unpaired) electrons. The summed E-state index contributed by atoms with van der Waals surface area (Å²) in [5.41, 5.74) is 6.36. The minimum atomic E-state index is -1.04. The Morgan fingerprint density at radius 3 is 1.67 bits per heavy atom. The highest BCUT2D eigenvalue weighted by Crippen LogP contribution is 2.44. The van der Waals surface area contributed by atoms with Crippen LogP contribution in [0.2, 0.25) is 0 Å². The normalized spacial score (nSPS) is 13.0. The van der Waals surface area contributed by atoms with E-state index in [1.54, 1.807) is 20.8 Å². The van der Waals surface area contributed by atoms with E-state index >= 15 is 0 Å². The number of alkyl carbamates (subject to hydrolysis) is 2. The Hall–Kier alpha value is -6.42. The van der Waals surface area contributed by atoms with Crippen molar-refractivity contribution >= 4 is 24.0 Å². The molecule has 6 rings (SSSR count). The molecule has 0 saturated heterocycles. The quantitative estimate of drug-likeness (QED) is 0.0746. The van der Waals surface area contributed by atoms with E-state index in [2.05, 4.69) is 33.4 Å². The number of unbranched alkanes of at least 4 members (excludes halogenated alkanes) is 1. The highest BCUT2D eigenvalue weighted by molar-refractivity contribution is 5.92. The Bertz CT molecular complexity index is 2050. The number of carbonyl (C=O) groups is 4. The molecule has 10 heteroatoms. The predicted octanol–water partition coefficient (Wildman–Crippen LogP) is 8.22. The molecule has 2 atom stereocenters. The number of rotatable bonds is 16. The van der Waals surface area contributed by atoms with Crippen LogP contribution in [0.3, 0.4) is 0 Å². The number of carbonyl (C=O) groups excluding carboxylic acids is 4. The van der Waals surface area contributed by atoms with Gasteiger partial charge in [0.15, 0.2) is 0 Å². The lowest BCUT2D eigenvalue weighted by Crippen LogP contribution is -2.55. The first-order chi connectivity index (χ1) is 28.1. The van der Waals surface area contributed by atoms with Crippen molar-refractivity contribution in [3.63, 3.8) is 0 Å². The number of amides is 4. The summed E-state index contributed by atoms with van der Waals surface area (Å²) in [4.78, 5) is 54.4. The molecule has 300 valence electrons. The summed E-state index contributed by atoms with van der Waals surface area (Å²) in [5, 5.41) is 11.7. The van der Waals surface area contributed by atoms with Gasteiger partial charge in [0.25, 0.3) is 0 Å². The van der Waals surface area contributed by atoms with E-state index in [1.165, 1.54) is 0 Å². The first-order valence-electron chi connectivity index (χ1n) is 19.9. The summed E-state index contributed by atoms with van der Waals surface area (Å²) in [7, 11) is 0. The minimum absolute atomic E-state index is 0.0768. The number of ether oxygens (including phenoxy) is 2. The number of nitrogens with one attached hydrogen (secondary N) is 4. The minimum Gasteiger partial charge on any atom is -0.449 e. The first-order valence-corrected chi connectivity index (χ1v) is 19.9. The van der Waals surface area contributed by atoms with Gasteiger partial charge in [-0.25, -0.2) is 9.59 Å². The molecule has 5 aromatic carbocycles. The van der Waals surface area contributed by atoms with Crippen molar-refractivity contribution in [2.75, 3.05) is 13.2 Å². The second-order valence-corrected chi connectivity index (χ2v) is 15.5. The van der Waals surface area contributed by atoms with Gasteiger partial charge >= 0.3 is 12.2 Å². The third kappa shape index (κ3) is 11.3.